The van der Waals surface area contributed by atoms with Gasteiger partial charge in [-0.05, 0) is 24.7 Å². The molecule has 0 N–H and O–H groups in total. The smallest absolute Gasteiger partial charge is 0.494 e. The molecule has 0 aromatic heterocycles. The van der Waals surface area contributed by atoms with Crippen molar-refractivity contribution in [3.8, 4) is 11.5 Å². The quantitative estimate of drug-likeness (QED) is 0.574. The number of piperidine rings is 1. The predicted molar refractivity (Wildman–Crippen MR) is 125 cm³/mol. The number of hydrogen-bond donors (Lipinski definition) is 0. The molecule has 2 aliphatic rings. The maximum atomic E-state index is 13.6. The van der Waals surface area contributed by atoms with Crippen LogP contribution in [0.3, 0.4) is 0 Å². The van der Waals surface area contributed by atoms with Crippen LogP contribution in [0.4, 0.5) is 14.5 Å². The van der Waals surface area contributed by atoms with Crippen molar-refractivity contribution in [3.63, 3.8) is 0 Å². The Bertz CT molecular complexity index is 1040. The average molecular weight is 488 g/mol. The monoisotopic (exact) mass is 488 g/mol. The van der Waals surface area contributed by atoms with Crippen LogP contribution in [-0.4, -0.2) is 70.2 Å². The second-order valence-electron chi connectivity index (χ2n) is 8.67. The summed E-state index contributed by atoms with van der Waals surface area (Å²) in [4.78, 5) is 27.3. The van der Waals surface area contributed by atoms with E-state index < -0.39 is 25.0 Å². The van der Waals surface area contributed by atoms with Crippen LogP contribution < -0.4 is 19.8 Å². The third kappa shape index (κ3) is 6.22. The molecule has 2 saturated heterocycles. The lowest BCUT2D eigenvalue weighted by atomic mass is 9.78. The first-order valence-corrected chi connectivity index (χ1v) is 11.3. The van der Waals surface area contributed by atoms with Crippen LogP contribution in [0, 0.1) is 0 Å². The van der Waals surface area contributed by atoms with Gasteiger partial charge in [-0.2, -0.15) is 0 Å². The molecule has 0 radical (unpaired) electrons. The van der Waals surface area contributed by atoms with Gasteiger partial charge in [-0.1, -0.05) is 30.3 Å². The molecule has 0 saturated carbocycles. The highest BCUT2D eigenvalue weighted by Gasteiger charge is 2.35. The standard InChI is InChI=1S/C24H27BF2N2O6/c1-28-14-21(30)34-25(35-22(31)15-28)18-8-6-17(7-9-18)16-33-20-5-3-4-19(23(20)32-2)29-12-10-24(26,27)11-13-29/h3-9H,10-16H2,1-2H3. The molecule has 0 spiro atoms. The number of nitrogens with zero attached hydrogens (tertiary/aromatic N) is 2. The number of para-hydroxylation sites is 1. The van der Waals surface area contributed by atoms with Crippen LogP contribution in [0.2, 0.25) is 0 Å². The van der Waals surface area contributed by atoms with Crippen molar-refractivity contribution in [3.05, 3.63) is 48.0 Å². The third-order valence-corrected chi connectivity index (χ3v) is 5.92. The van der Waals surface area contributed by atoms with E-state index in [1.54, 1.807) is 43.4 Å². The van der Waals surface area contributed by atoms with E-state index >= 15 is 0 Å². The van der Waals surface area contributed by atoms with Crippen molar-refractivity contribution in [1.82, 2.24) is 4.90 Å². The van der Waals surface area contributed by atoms with Gasteiger partial charge in [-0.25, -0.2) is 8.78 Å². The summed E-state index contributed by atoms with van der Waals surface area (Å²) in [6.07, 6.45) is -0.397. The zero-order chi connectivity index (χ0) is 25.0. The highest BCUT2D eigenvalue weighted by Crippen LogP contribution is 2.40. The minimum Gasteiger partial charge on any atom is -0.494 e. The maximum Gasteiger partial charge on any atom is 0.636 e. The van der Waals surface area contributed by atoms with Crippen LogP contribution in [0.15, 0.2) is 42.5 Å². The molecule has 0 aliphatic carbocycles. The van der Waals surface area contributed by atoms with Crippen LogP contribution in [0.25, 0.3) is 0 Å². The van der Waals surface area contributed by atoms with Crippen LogP contribution in [0.5, 0.6) is 11.5 Å². The number of halogens is 2. The highest BCUT2D eigenvalue weighted by molar-refractivity contribution is 6.64. The van der Waals surface area contributed by atoms with Crippen molar-refractivity contribution < 1.29 is 37.2 Å². The Morgan fingerprint density at radius 2 is 1.63 bits per heavy atom. The average Bonchev–Trinajstić information content (AvgIpc) is 2.81. The number of alkyl halides is 2. The normalized spacial score (nSPS) is 18.9. The number of hydrogen-bond acceptors (Lipinski definition) is 8. The number of benzene rings is 2. The lowest BCUT2D eigenvalue weighted by Crippen LogP contribution is -2.47. The van der Waals surface area contributed by atoms with E-state index in [-0.39, 0.29) is 45.6 Å². The fourth-order valence-corrected chi connectivity index (χ4v) is 4.05. The van der Waals surface area contributed by atoms with Crippen molar-refractivity contribution in [2.45, 2.75) is 25.4 Å². The van der Waals surface area contributed by atoms with Gasteiger partial charge in [0.05, 0.1) is 25.9 Å². The first-order valence-electron chi connectivity index (χ1n) is 11.3. The molecular weight excluding hydrogens is 461 g/mol. The van der Waals surface area contributed by atoms with Gasteiger partial charge in [-0.15, -0.1) is 0 Å². The van der Waals surface area contributed by atoms with Crippen LogP contribution >= 0.6 is 0 Å². The van der Waals surface area contributed by atoms with Gasteiger partial charge in [-0.3, -0.25) is 14.5 Å². The van der Waals surface area contributed by atoms with Gasteiger partial charge < -0.3 is 23.7 Å². The van der Waals surface area contributed by atoms with Gasteiger partial charge >= 0.3 is 19.1 Å². The second-order valence-corrected chi connectivity index (χ2v) is 8.67. The summed E-state index contributed by atoms with van der Waals surface area (Å²) in [5, 5.41) is 0. The Morgan fingerprint density at radius 1 is 1.00 bits per heavy atom. The SMILES string of the molecule is COc1c(OCc2ccc(B3OC(=O)CN(C)CC(=O)O3)cc2)cccc1N1CCC(F)(F)CC1. The number of carbonyl (C=O) groups excluding carboxylic acids is 2. The Labute approximate surface area is 202 Å². The summed E-state index contributed by atoms with van der Waals surface area (Å²) in [7, 11) is 2.05. The zero-order valence-electron chi connectivity index (χ0n) is 19.7. The lowest BCUT2D eigenvalue weighted by molar-refractivity contribution is -0.145. The molecule has 11 heteroatoms. The summed E-state index contributed by atoms with van der Waals surface area (Å²) in [6.45, 7) is 0.686. The van der Waals surface area contributed by atoms with E-state index in [1.807, 2.05) is 11.0 Å². The van der Waals surface area contributed by atoms with Crippen LogP contribution in [0.1, 0.15) is 18.4 Å². The van der Waals surface area contributed by atoms with E-state index in [2.05, 4.69) is 0 Å². The van der Waals surface area contributed by atoms with Crippen molar-refractivity contribution >= 4 is 30.2 Å². The first-order chi connectivity index (χ1) is 16.7. The number of rotatable bonds is 6. The summed E-state index contributed by atoms with van der Waals surface area (Å²) in [6, 6.07) is 12.4. The van der Waals surface area contributed by atoms with E-state index in [0.717, 1.165) is 11.3 Å². The molecule has 2 fully saturated rings. The summed E-state index contributed by atoms with van der Waals surface area (Å²) < 4.78 is 49.2. The fourth-order valence-electron chi connectivity index (χ4n) is 4.05. The summed E-state index contributed by atoms with van der Waals surface area (Å²) in [5.74, 6) is -2.61. The molecule has 2 aromatic rings. The minimum atomic E-state index is -2.63. The molecule has 8 nitrogen and oxygen atoms in total. The zero-order valence-corrected chi connectivity index (χ0v) is 19.7. The van der Waals surface area contributed by atoms with E-state index in [0.29, 0.717) is 17.0 Å². The van der Waals surface area contributed by atoms with Gasteiger partial charge in [0, 0.05) is 31.4 Å². The Balaban J connectivity index is 1.42. The molecule has 186 valence electrons. The molecule has 2 aliphatic heterocycles. The first kappa shape index (κ1) is 24.8. The predicted octanol–water partition coefficient (Wildman–Crippen LogP) is 2.24. The number of likely N-dealkylation sites (N-methyl/N-ethyl adjacent to an activating group) is 1. The lowest BCUT2D eigenvalue weighted by Gasteiger charge is -2.34. The molecular formula is C24H27BF2N2O6. The third-order valence-electron chi connectivity index (χ3n) is 5.92. The molecule has 2 heterocycles. The molecule has 0 unspecified atom stereocenters. The summed E-state index contributed by atoms with van der Waals surface area (Å²) >= 11 is 0. The molecule has 35 heavy (non-hydrogen) atoms. The molecule has 0 amide bonds. The number of methoxy groups -OCH3 is 1. The van der Waals surface area contributed by atoms with E-state index in [4.69, 9.17) is 18.8 Å². The summed E-state index contributed by atoms with van der Waals surface area (Å²) in [5.41, 5.74) is 2.07. The topological polar surface area (TPSA) is 77.5 Å². The maximum absolute atomic E-state index is 13.6. The molecule has 4 rings (SSSR count). The minimum absolute atomic E-state index is 0.00171. The largest absolute Gasteiger partial charge is 0.636 e. The molecule has 0 bridgehead atoms. The van der Waals surface area contributed by atoms with Crippen molar-refractivity contribution in [2.75, 3.05) is 45.2 Å². The van der Waals surface area contributed by atoms with Gasteiger partial charge in [0.25, 0.3) is 5.92 Å². The number of anilines is 1. The second kappa shape index (κ2) is 10.5. The Hall–Kier alpha value is -3.34. The fraction of sp³-hybridized carbons (Fsp3) is 0.417. The van der Waals surface area contributed by atoms with Gasteiger partial charge in [0.15, 0.2) is 11.5 Å². The Kier molecular flexibility index (Phi) is 7.44. The van der Waals surface area contributed by atoms with Crippen molar-refractivity contribution in [2.24, 2.45) is 0 Å². The number of carbonyl (C=O) groups is 2. The van der Waals surface area contributed by atoms with Gasteiger partial charge in [0.1, 0.15) is 6.61 Å². The molecule has 0 atom stereocenters. The molecule has 2 aromatic carbocycles. The Morgan fingerprint density at radius 3 is 2.23 bits per heavy atom. The van der Waals surface area contributed by atoms with E-state index in [1.165, 1.54) is 12.0 Å². The van der Waals surface area contributed by atoms with Crippen LogP contribution in [-0.2, 0) is 25.5 Å². The highest BCUT2D eigenvalue weighted by atomic mass is 19.3. The van der Waals surface area contributed by atoms with Crippen molar-refractivity contribution in [1.29, 1.82) is 0 Å². The van der Waals surface area contributed by atoms with E-state index in [9.17, 15) is 18.4 Å². The van der Waals surface area contributed by atoms with Gasteiger partial charge in [0.2, 0.25) is 0 Å². The number of ether oxygens (including phenoxy) is 2.